The Morgan fingerprint density at radius 1 is 1.43 bits per heavy atom. The first-order chi connectivity index (χ1) is 6.74. The number of piperazine rings is 1. The van der Waals surface area contributed by atoms with Gasteiger partial charge in [0.25, 0.3) is 0 Å². The summed E-state index contributed by atoms with van der Waals surface area (Å²) in [4.78, 5) is 2.19. The summed E-state index contributed by atoms with van der Waals surface area (Å²) in [6.07, 6.45) is 3.93. The molecule has 0 amide bonds. The Balaban J connectivity index is 2.49. The molecule has 1 aliphatic heterocycles. The summed E-state index contributed by atoms with van der Waals surface area (Å²) >= 11 is 2.23. The van der Waals surface area contributed by atoms with E-state index >= 15 is 0 Å². The number of hydrogen-bond donors (Lipinski definition) is 3. The SMILES string of the molecule is CN/C(I)=C\C=C(/N)N1CCNCC1. The number of hydrogen-bond acceptors (Lipinski definition) is 4. The smallest absolute Gasteiger partial charge is 0.0988 e. The van der Waals surface area contributed by atoms with Crippen LogP contribution in [0, 0.1) is 0 Å². The van der Waals surface area contributed by atoms with Crippen LogP contribution in [0.15, 0.2) is 21.7 Å². The molecule has 1 rings (SSSR count). The van der Waals surface area contributed by atoms with Gasteiger partial charge in [-0.2, -0.15) is 0 Å². The fraction of sp³-hybridized carbons (Fsp3) is 0.556. The first-order valence-corrected chi connectivity index (χ1v) is 5.78. The van der Waals surface area contributed by atoms with Gasteiger partial charge in [0.2, 0.25) is 0 Å². The van der Waals surface area contributed by atoms with E-state index in [-0.39, 0.29) is 0 Å². The van der Waals surface area contributed by atoms with Gasteiger partial charge in [0.05, 0.1) is 9.52 Å². The van der Waals surface area contributed by atoms with E-state index in [1.807, 2.05) is 19.2 Å². The molecule has 0 saturated carbocycles. The van der Waals surface area contributed by atoms with Gasteiger partial charge < -0.3 is 21.3 Å². The lowest BCUT2D eigenvalue weighted by Crippen LogP contribution is -2.44. The molecule has 0 aromatic rings. The molecule has 4 N–H and O–H groups in total. The maximum Gasteiger partial charge on any atom is 0.0988 e. The zero-order chi connectivity index (χ0) is 10.4. The van der Waals surface area contributed by atoms with Crippen molar-refractivity contribution >= 4 is 22.6 Å². The molecule has 4 nitrogen and oxygen atoms in total. The molecule has 0 aromatic heterocycles. The van der Waals surface area contributed by atoms with Gasteiger partial charge in [-0.1, -0.05) is 0 Å². The molecule has 0 spiro atoms. The molecule has 0 aromatic carbocycles. The third-order valence-corrected chi connectivity index (χ3v) is 3.02. The van der Waals surface area contributed by atoms with Crippen molar-refractivity contribution in [2.24, 2.45) is 5.73 Å². The molecular formula is C9H17IN4. The zero-order valence-electron chi connectivity index (χ0n) is 8.39. The zero-order valence-corrected chi connectivity index (χ0v) is 10.5. The average Bonchev–Trinajstić information content (AvgIpc) is 2.26. The molecule has 80 valence electrons. The van der Waals surface area contributed by atoms with Crippen LogP contribution in [0.3, 0.4) is 0 Å². The minimum Gasteiger partial charge on any atom is -0.385 e. The van der Waals surface area contributed by atoms with Gasteiger partial charge in [-0.25, -0.2) is 0 Å². The highest BCUT2D eigenvalue weighted by Crippen LogP contribution is 2.03. The monoisotopic (exact) mass is 308 g/mol. The van der Waals surface area contributed by atoms with Gasteiger partial charge in [0.1, 0.15) is 0 Å². The van der Waals surface area contributed by atoms with Crippen LogP contribution in [-0.4, -0.2) is 38.1 Å². The molecule has 0 bridgehead atoms. The standard InChI is InChI=1S/C9H17IN4/c1-12-8(10)2-3-9(11)14-6-4-13-5-7-14/h2-3,12-13H,4-7,11H2,1H3/b8-2-,9-3+. The lowest BCUT2D eigenvalue weighted by atomic mass is 10.3. The van der Waals surface area contributed by atoms with Gasteiger partial charge in [-0.05, 0) is 34.7 Å². The van der Waals surface area contributed by atoms with Gasteiger partial charge in [-0.3, -0.25) is 0 Å². The van der Waals surface area contributed by atoms with Crippen molar-refractivity contribution in [2.75, 3.05) is 33.2 Å². The summed E-state index contributed by atoms with van der Waals surface area (Å²) in [5, 5.41) is 6.33. The van der Waals surface area contributed by atoms with Crippen molar-refractivity contribution in [1.82, 2.24) is 15.5 Å². The van der Waals surface area contributed by atoms with E-state index in [9.17, 15) is 0 Å². The molecule has 0 aliphatic carbocycles. The second-order valence-electron chi connectivity index (χ2n) is 3.09. The Bertz CT molecular complexity index is 231. The topological polar surface area (TPSA) is 53.3 Å². The van der Waals surface area contributed by atoms with Crippen molar-refractivity contribution < 1.29 is 0 Å². The van der Waals surface area contributed by atoms with Crippen molar-refractivity contribution in [2.45, 2.75) is 0 Å². The van der Waals surface area contributed by atoms with E-state index in [2.05, 4.69) is 38.1 Å². The Kier molecular flexibility index (Phi) is 5.10. The van der Waals surface area contributed by atoms with Gasteiger partial charge in [-0.15, -0.1) is 0 Å². The second-order valence-corrected chi connectivity index (χ2v) is 4.26. The minimum atomic E-state index is 0.843. The fourth-order valence-electron chi connectivity index (χ4n) is 1.27. The summed E-state index contributed by atoms with van der Waals surface area (Å²) < 4.78 is 1.08. The highest BCUT2D eigenvalue weighted by molar-refractivity contribution is 14.1. The fourth-order valence-corrected chi connectivity index (χ4v) is 1.45. The summed E-state index contributed by atoms with van der Waals surface area (Å²) in [5.74, 6) is 0.843. The van der Waals surface area contributed by atoms with Crippen LogP contribution in [0.4, 0.5) is 0 Å². The molecule has 5 heteroatoms. The Labute approximate surface area is 98.7 Å². The van der Waals surface area contributed by atoms with Crippen molar-refractivity contribution in [3.05, 3.63) is 21.7 Å². The number of nitrogens with two attached hydrogens (primary N) is 1. The van der Waals surface area contributed by atoms with E-state index in [1.54, 1.807) is 0 Å². The lowest BCUT2D eigenvalue weighted by molar-refractivity contribution is 0.296. The summed E-state index contributed by atoms with van der Waals surface area (Å²) in [5.41, 5.74) is 5.93. The third kappa shape index (κ3) is 3.75. The van der Waals surface area contributed by atoms with E-state index in [1.165, 1.54) is 0 Å². The molecule has 0 radical (unpaired) electrons. The van der Waals surface area contributed by atoms with Crippen molar-refractivity contribution in [3.8, 4) is 0 Å². The largest absolute Gasteiger partial charge is 0.385 e. The maximum absolute atomic E-state index is 5.93. The van der Waals surface area contributed by atoms with E-state index in [0.29, 0.717) is 0 Å². The highest BCUT2D eigenvalue weighted by atomic mass is 127. The first-order valence-electron chi connectivity index (χ1n) is 4.70. The van der Waals surface area contributed by atoms with E-state index in [0.717, 1.165) is 35.7 Å². The summed E-state index contributed by atoms with van der Waals surface area (Å²) in [6.45, 7) is 4.02. The molecule has 1 heterocycles. The van der Waals surface area contributed by atoms with Gasteiger partial charge in [0, 0.05) is 33.2 Å². The molecule has 1 saturated heterocycles. The van der Waals surface area contributed by atoms with Crippen LogP contribution in [0.5, 0.6) is 0 Å². The van der Waals surface area contributed by atoms with Crippen LogP contribution in [0.1, 0.15) is 0 Å². The van der Waals surface area contributed by atoms with Crippen LogP contribution in [-0.2, 0) is 0 Å². The van der Waals surface area contributed by atoms with Crippen molar-refractivity contribution in [3.63, 3.8) is 0 Å². The number of allylic oxidation sites excluding steroid dienone is 2. The predicted molar refractivity (Wildman–Crippen MR) is 67.9 cm³/mol. The quantitative estimate of drug-likeness (QED) is 0.396. The normalized spacial score (nSPS) is 19.7. The maximum atomic E-state index is 5.93. The Morgan fingerprint density at radius 3 is 2.64 bits per heavy atom. The Morgan fingerprint density at radius 2 is 2.07 bits per heavy atom. The van der Waals surface area contributed by atoms with E-state index < -0.39 is 0 Å². The third-order valence-electron chi connectivity index (χ3n) is 2.12. The van der Waals surface area contributed by atoms with Crippen LogP contribution >= 0.6 is 22.6 Å². The molecule has 1 fully saturated rings. The Hall–Kier alpha value is -0.430. The average molecular weight is 308 g/mol. The summed E-state index contributed by atoms with van der Waals surface area (Å²) in [6, 6.07) is 0. The number of rotatable bonds is 3. The lowest BCUT2D eigenvalue weighted by Gasteiger charge is -2.29. The molecule has 0 atom stereocenters. The minimum absolute atomic E-state index is 0.843. The number of nitrogens with one attached hydrogen (secondary N) is 2. The number of halogens is 1. The number of nitrogens with zero attached hydrogens (tertiary/aromatic N) is 1. The van der Waals surface area contributed by atoms with Crippen LogP contribution < -0.4 is 16.4 Å². The van der Waals surface area contributed by atoms with Crippen molar-refractivity contribution in [1.29, 1.82) is 0 Å². The molecule has 1 aliphatic rings. The molecule has 14 heavy (non-hydrogen) atoms. The van der Waals surface area contributed by atoms with E-state index in [4.69, 9.17) is 5.73 Å². The van der Waals surface area contributed by atoms with Gasteiger partial charge >= 0.3 is 0 Å². The van der Waals surface area contributed by atoms with Crippen LogP contribution in [0.2, 0.25) is 0 Å². The highest BCUT2D eigenvalue weighted by Gasteiger charge is 2.08. The molecular weight excluding hydrogens is 291 g/mol. The van der Waals surface area contributed by atoms with Gasteiger partial charge in [0.15, 0.2) is 0 Å². The predicted octanol–water partition coefficient (Wildman–Crippen LogP) is 0.188. The molecule has 0 unspecified atom stereocenters. The van der Waals surface area contributed by atoms with Crippen LogP contribution in [0.25, 0.3) is 0 Å². The summed E-state index contributed by atoms with van der Waals surface area (Å²) in [7, 11) is 1.90. The second kappa shape index (κ2) is 6.13. The first kappa shape index (κ1) is 11.6.